The highest BCUT2D eigenvalue weighted by atomic mass is 16.5. The number of aromatic nitrogens is 2. The van der Waals surface area contributed by atoms with Gasteiger partial charge in [0.05, 0.1) is 18.9 Å². The number of hydrogen-bond acceptors (Lipinski definition) is 5. The number of carbonyl (C=O) groups excluding carboxylic acids is 1. The first-order chi connectivity index (χ1) is 12.0. The molecule has 1 fully saturated rings. The van der Waals surface area contributed by atoms with Gasteiger partial charge in [-0.15, -0.1) is 0 Å². The number of rotatable bonds is 5. The monoisotopic (exact) mass is 347 g/mol. The van der Waals surface area contributed by atoms with Gasteiger partial charge in [-0.2, -0.15) is 5.10 Å². The van der Waals surface area contributed by atoms with Gasteiger partial charge in [0, 0.05) is 58.8 Å². The Morgan fingerprint density at radius 3 is 2.84 bits per heavy atom. The molecule has 0 saturated carbocycles. The fourth-order valence-corrected chi connectivity index (χ4v) is 3.58. The van der Waals surface area contributed by atoms with Crippen LogP contribution in [0.5, 0.6) is 0 Å². The van der Waals surface area contributed by atoms with Crippen LogP contribution in [0.2, 0.25) is 0 Å². The first kappa shape index (κ1) is 18.1. The summed E-state index contributed by atoms with van der Waals surface area (Å²) in [6, 6.07) is 2.49. The number of aryl methyl sites for hydroxylation is 1. The van der Waals surface area contributed by atoms with E-state index in [9.17, 15) is 4.79 Å². The van der Waals surface area contributed by atoms with E-state index >= 15 is 0 Å². The summed E-state index contributed by atoms with van der Waals surface area (Å²) >= 11 is 0. The summed E-state index contributed by atoms with van der Waals surface area (Å²) < 4.78 is 7.18. The van der Waals surface area contributed by atoms with Crippen LogP contribution in [0.3, 0.4) is 0 Å². The second-order valence-electron chi connectivity index (χ2n) is 6.97. The highest BCUT2D eigenvalue weighted by Crippen LogP contribution is 2.23. The Labute approximate surface area is 149 Å². The van der Waals surface area contributed by atoms with Gasteiger partial charge >= 0.3 is 0 Å². The lowest BCUT2D eigenvalue weighted by atomic mass is 10.1. The number of amides is 1. The van der Waals surface area contributed by atoms with Crippen LogP contribution in [0, 0.1) is 0 Å². The SMILES string of the molecule is CC(=O)Nc1cc(C2=CCCN(C[C@H](C)N3CCOCC3)C2)nn1C. The van der Waals surface area contributed by atoms with Crippen LogP contribution in [0.4, 0.5) is 5.82 Å². The van der Waals surface area contributed by atoms with E-state index < -0.39 is 0 Å². The van der Waals surface area contributed by atoms with E-state index in [1.165, 1.54) is 12.5 Å². The predicted molar refractivity (Wildman–Crippen MR) is 98.4 cm³/mol. The number of ether oxygens (including phenoxy) is 1. The van der Waals surface area contributed by atoms with E-state index in [-0.39, 0.29) is 5.91 Å². The number of anilines is 1. The molecule has 7 nitrogen and oxygen atoms in total. The number of morpholine rings is 1. The van der Waals surface area contributed by atoms with Crippen molar-refractivity contribution in [3.8, 4) is 0 Å². The van der Waals surface area contributed by atoms with Gasteiger partial charge in [-0.05, 0) is 18.9 Å². The molecule has 138 valence electrons. The molecule has 1 atom stereocenters. The van der Waals surface area contributed by atoms with Crippen LogP contribution < -0.4 is 5.32 Å². The van der Waals surface area contributed by atoms with E-state index in [1.807, 2.05) is 13.1 Å². The highest BCUT2D eigenvalue weighted by molar-refractivity contribution is 5.88. The minimum atomic E-state index is -0.0758. The molecule has 0 bridgehead atoms. The van der Waals surface area contributed by atoms with Crippen molar-refractivity contribution in [1.29, 1.82) is 0 Å². The second-order valence-corrected chi connectivity index (χ2v) is 6.97. The standard InChI is InChI=1S/C18H29N5O2/c1-14(23-7-9-25-10-8-23)12-22-6-4-5-16(13-22)17-11-18(19-15(2)24)21(3)20-17/h5,11,14H,4,6-10,12-13H2,1-3H3,(H,19,24)/t14-/m0/s1. The largest absolute Gasteiger partial charge is 0.379 e. The molecule has 3 rings (SSSR count). The fourth-order valence-electron chi connectivity index (χ4n) is 3.58. The van der Waals surface area contributed by atoms with E-state index in [4.69, 9.17) is 4.74 Å². The van der Waals surface area contributed by atoms with Crippen molar-refractivity contribution in [3.63, 3.8) is 0 Å². The number of nitrogens with one attached hydrogen (secondary N) is 1. The van der Waals surface area contributed by atoms with Crippen molar-refractivity contribution < 1.29 is 9.53 Å². The lowest BCUT2D eigenvalue weighted by Crippen LogP contribution is -2.48. The summed E-state index contributed by atoms with van der Waals surface area (Å²) in [5.41, 5.74) is 2.20. The van der Waals surface area contributed by atoms with E-state index in [0.29, 0.717) is 6.04 Å². The summed E-state index contributed by atoms with van der Waals surface area (Å²) in [6.45, 7) is 10.6. The zero-order valence-corrected chi connectivity index (χ0v) is 15.5. The van der Waals surface area contributed by atoms with Crippen molar-refractivity contribution >= 4 is 17.3 Å². The minimum Gasteiger partial charge on any atom is -0.379 e. The summed E-state index contributed by atoms with van der Waals surface area (Å²) in [7, 11) is 1.86. The maximum Gasteiger partial charge on any atom is 0.222 e. The summed E-state index contributed by atoms with van der Waals surface area (Å²) in [4.78, 5) is 16.3. The van der Waals surface area contributed by atoms with Gasteiger partial charge in [0.15, 0.2) is 0 Å². The quantitative estimate of drug-likeness (QED) is 0.867. The first-order valence-corrected chi connectivity index (χ1v) is 9.08. The van der Waals surface area contributed by atoms with Crippen LogP contribution in [0.25, 0.3) is 5.57 Å². The Bertz CT molecular complexity index is 633. The molecule has 1 saturated heterocycles. The van der Waals surface area contributed by atoms with E-state index in [0.717, 1.165) is 63.9 Å². The van der Waals surface area contributed by atoms with E-state index in [1.54, 1.807) is 4.68 Å². The molecule has 3 heterocycles. The molecular formula is C18H29N5O2. The average molecular weight is 347 g/mol. The number of carbonyl (C=O) groups is 1. The zero-order chi connectivity index (χ0) is 17.8. The summed E-state index contributed by atoms with van der Waals surface area (Å²) in [5, 5.41) is 7.39. The third kappa shape index (κ3) is 4.68. The Balaban J connectivity index is 1.61. The van der Waals surface area contributed by atoms with Gasteiger partial charge in [-0.3, -0.25) is 19.3 Å². The normalized spacial score (nSPS) is 21.0. The number of nitrogens with zero attached hydrogens (tertiary/aromatic N) is 4. The summed E-state index contributed by atoms with van der Waals surface area (Å²) in [6.07, 6.45) is 3.31. The summed E-state index contributed by atoms with van der Waals surface area (Å²) in [5.74, 6) is 0.662. The molecule has 2 aliphatic heterocycles. The molecule has 1 N–H and O–H groups in total. The van der Waals surface area contributed by atoms with Gasteiger partial charge in [0.25, 0.3) is 0 Å². The fraction of sp³-hybridized carbons (Fsp3) is 0.667. The molecule has 0 radical (unpaired) electrons. The van der Waals surface area contributed by atoms with Crippen molar-refractivity contribution in [2.24, 2.45) is 7.05 Å². The lowest BCUT2D eigenvalue weighted by molar-refractivity contribution is -0.114. The maximum absolute atomic E-state index is 11.3. The average Bonchev–Trinajstić information content (AvgIpc) is 2.96. The Kier molecular flexibility index (Phi) is 5.88. The van der Waals surface area contributed by atoms with Crippen molar-refractivity contribution in [2.45, 2.75) is 26.3 Å². The highest BCUT2D eigenvalue weighted by Gasteiger charge is 2.22. The van der Waals surface area contributed by atoms with Crippen LogP contribution >= 0.6 is 0 Å². The van der Waals surface area contributed by atoms with Gasteiger partial charge in [-0.1, -0.05) is 6.08 Å². The molecule has 0 spiro atoms. The molecule has 1 aromatic heterocycles. The molecule has 2 aliphatic rings. The Morgan fingerprint density at radius 1 is 1.36 bits per heavy atom. The minimum absolute atomic E-state index is 0.0758. The van der Waals surface area contributed by atoms with Crippen molar-refractivity contribution in [1.82, 2.24) is 19.6 Å². The van der Waals surface area contributed by atoms with Crippen LogP contribution in [-0.2, 0) is 16.6 Å². The third-order valence-corrected chi connectivity index (χ3v) is 4.93. The maximum atomic E-state index is 11.3. The Morgan fingerprint density at radius 2 is 2.12 bits per heavy atom. The molecule has 0 aromatic carbocycles. The van der Waals surface area contributed by atoms with Crippen molar-refractivity contribution in [2.75, 3.05) is 51.3 Å². The molecule has 1 amide bonds. The van der Waals surface area contributed by atoms with E-state index in [2.05, 4.69) is 33.2 Å². The molecule has 25 heavy (non-hydrogen) atoms. The van der Waals surface area contributed by atoms with Crippen molar-refractivity contribution in [3.05, 3.63) is 17.8 Å². The van der Waals surface area contributed by atoms with Crippen LogP contribution in [-0.4, -0.2) is 77.5 Å². The molecule has 0 unspecified atom stereocenters. The molecule has 0 aliphatic carbocycles. The smallest absolute Gasteiger partial charge is 0.222 e. The predicted octanol–water partition coefficient (Wildman–Crippen LogP) is 1.19. The Hall–Kier alpha value is -1.70. The first-order valence-electron chi connectivity index (χ1n) is 9.08. The topological polar surface area (TPSA) is 62.6 Å². The van der Waals surface area contributed by atoms with Gasteiger partial charge in [0.1, 0.15) is 5.82 Å². The molecule has 7 heteroatoms. The molecule has 1 aromatic rings. The van der Waals surface area contributed by atoms with Crippen LogP contribution in [0.1, 0.15) is 26.0 Å². The molecular weight excluding hydrogens is 318 g/mol. The lowest BCUT2D eigenvalue weighted by Gasteiger charge is -2.36. The van der Waals surface area contributed by atoms with Gasteiger partial charge < -0.3 is 10.1 Å². The third-order valence-electron chi connectivity index (χ3n) is 4.93. The van der Waals surface area contributed by atoms with Gasteiger partial charge in [0.2, 0.25) is 5.91 Å². The van der Waals surface area contributed by atoms with Gasteiger partial charge in [-0.25, -0.2) is 0 Å². The zero-order valence-electron chi connectivity index (χ0n) is 15.5. The number of hydrogen-bond donors (Lipinski definition) is 1. The second kappa shape index (κ2) is 8.12. The van der Waals surface area contributed by atoms with Crippen LogP contribution in [0.15, 0.2) is 12.1 Å².